The van der Waals surface area contributed by atoms with Crippen molar-refractivity contribution in [2.24, 2.45) is 11.8 Å². The van der Waals surface area contributed by atoms with Gasteiger partial charge >= 0.3 is 5.97 Å². The summed E-state index contributed by atoms with van der Waals surface area (Å²) in [7, 11) is 0. The molecule has 0 radical (unpaired) electrons. The van der Waals surface area contributed by atoms with Crippen molar-refractivity contribution in [1.82, 2.24) is 0 Å². The molecule has 0 spiro atoms. The molecule has 0 bridgehead atoms. The Labute approximate surface area is 66.9 Å². The van der Waals surface area contributed by atoms with Gasteiger partial charge in [0.2, 0.25) is 0 Å². The van der Waals surface area contributed by atoms with E-state index in [1.54, 1.807) is 0 Å². The smallest absolute Gasteiger partial charge is 0.307 e. The molecule has 1 aliphatic rings. The van der Waals surface area contributed by atoms with Crippen molar-refractivity contribution >= 4 is 5.97 Å². The summed E-state index contributed by atoms with van der Waals surface area (Å²) in [5, 5.41) is 8.81. The fourth-order valence-electron chi connectivity index (χ4n) is 1.62. The summed E-state index contributed by atoms with van der Waals surface area (Å²) in [5.41, 5.74) is 0. The highest BCUT2D eigenvalue weighted by molar-refractivity contribution is 5.70. The lowest BCUT2D eigenvalue weighted by atomic mass is 9.81. The van der Waals surface area contributed by atoms with E-state index in [0.29, 0.717) is 12.3 Å². The Morgan fingerprint density at radius 3 is 2.64 bits per heavy atom. The van der Waals surface area contributed by atoms with Gasteiger partial charge in [0, 0.05) is 0 Å². The van der Waals surface area contributed by atoms with E-state index in [-0.39, 0.29) is 5.92 Å². The van der Waals surface area contributed by atoms with Crippen molar-refractivity contribution in [2.45, 2.75) is 26.2 Å². The first-order valence-corrected chi connectivity index (χ1v) is 4.13. The molecule has 11 heavy (non-hydrogen) atoms. The van der Waals surface area contributed by atoms with Crippen LogP contribution in [0.15, 0.2) is 12.2 Å². The fraction of sp³-hybridized carbons (Fsp3) is 0.667. The van der Waals surface area contributed by atoms with Crippen LogP contribution in [0.25, 0.3) is 0 Å². The van der Waals surface area contributed by atoms with Gasteiger partial charge in [-0.1, -0.05) is 25.5 Å². The molecule has 1 N–H and O–H groups in total. The van der Waals surface area contributed by atoms with Crippen LogP contribution in [0.1, 0.15) is 26.2 Å². The number of carboxylic acid groups (broad SMARTS) is 1. The fourth-order valence-corrected chi connectivity index (χ4v) is 1.62. The molecule has 0 aromatic carbocycles. The maximum atomic E-state index is 10.7. The average molecular weight is 154 g/mol. The Hall–Kier alpha value is -0.790. The summed E-state index contributed by atoms with van der Waals surface area (Å²) < 4.78 is 0. The van der Waals surface area contributed by atoms with E-state index >= 15 is 0 Å². The summed E-state index contributed by atoms with van der Waals surface area (Å²) in [6, 6.07) is 0. The molecular formula is C9H14O2. The van der Waals surface area contributed by atoms with Crippen molar-refractivity contribution in [3.63, 3.8) is 0 Å². The standard InChI is InChI=1S/C9H14O2/c1-2-7-5-3-4-6-8(7)9(10)11/h3-4,7-8H,2,5-6H2,1H3,(H,10,11)/t7-,8+/m1/s1. The zero-order valence-electron chi connectivity index (χ0n) is 6.79. The third kappa shape index (κ3) is 1.82. The molecular weight excluding hydrogens is 140 g/mol. The second-order valence-corrected chi connectivity index (χ2v) is 3.06. The highest BCUT2D eigenvalue weighted by Gasteiger charge is 2.26. The van der Waals surface area contributed by atoms with Gasteiger partial charge in [-0.3, -0.25) is 4.79 Å². The van der Waals surface area contributed by atoms with Gasteiger partial charge in [0.05, 0.1) is 5.92 Å². The molecule has 62 valence electrons. The number of rotatable bonds is 2. The van der Waals surface area contributed by atoms with Gasteiger partial charge in [-0.05, 0) is 18.8 Å². The van der Waals surface area contributed by atoms with Gasteiger partial charge in [-0.15, -0.1) is 0 Å². The normalized spacial score (nSPS) is 30.3. The quantitative estimate of drug-likeness (QED) is 0.618. The van der Waals surface area contributed by atoms with Gasteiger partial charge in [0.25, 0.3) is 0 Å². The highest BCUT2D eigenvalue weighted by Crippen LogP contribution is 2.27. The molecule has 1 rings (SSSR count). The van der Waals surface area contributed by atoms with E-state index in [1.807, 2.05) is 6.08 Å². The van der Waals surface area contributed by atoms with E-state index in [2.05, 4.69) is 13.0 Å². The Kier molecular flexibility index (Phi) is 2.69. The highest BCUT2D eigenvalue weighted by atomic mass is 16.4. The molecule has 2 heteroatoms. The molecule has 0 aliphatic heterocycles. The number of aliphatic carboxylic acids is 1. The lowest BCUT2D eigenvalue weighted by Gasteiger charge is -2.23. The zero-order chi connectivity index (χ0) is 8.27. The minimum absolute atomic E-state index is 0.134. The molecule has 0 heterocycles. The molecule has 2 nitrogen and oxygen atoms in total. The Bertz CT molecular complexity index is 172. The van der Waals surface area contributed by atoms with E-state index < -0.39 is 5.97 Å². The second kappa shape index (κ2) is 3.56. The first-order chi connectivity index (χ1) is 5.25. The van der Waals surface area contributed by atoms with Gasteiger partial charge < -0.3 is 5.11 Å². The molecule has 0 saturated heterocycles. The summed E-state index contributed by atoms with van der Waals surface area (Å²) in [6.45, 7) is 2.06. The number of carboxylic acids is 1. The Morgan fingerprint density at radius 2 is 2.18 bits per heavy atom. The molecule has 0 aromatic rings. The van der Waals surface area contributed by atoms with Crippen LogP contribution in [0.4, 0.5) is 0 Å². The molecule has 0 saturated carbocycles. The van der Waals surface area contributed by atoms with Gasteiger partial charge in [-0.25, -0.2) is 0 Å². The van der Waals surface area contributed by atoms with Crippen molar-refractivity contribution < 1.29 is 9.90 Å². The van der Waals surface area contributed by atoms with Crippen molar-refractivity contribution in [2.75, 3.05) is 0 Å². The SMILES string of the molecule is CC[C@@H]1CC=CC[C@@H]1C(=O)O. The molecule has 0 fully saturated rings. The number of carbonyl (C=O) groups is 1. The van der Waals surface area contributed by atoms with Crippen molar-refractivity contribution in [3.8, 4) is 0 Å². The van der Waals surface area contributed by atoms with Crippen molar-refractivity contribution in [3.05, 3.63) is 12.2 Å². The molecule has 2 atom stereocenters. The van der Waals surface area contributed by atoms with Crippen LogP contribution in [0.3, 0.4) is 0 Å². The predicted molar refractivity (Wildman–Crippen MR) is 43.3 cm³/mol. The number of allylic oxidation sites excluding steroid dienone is 2. The summed E-state index contributed by atoms with van der Waals surface area (Å²) in [5.74, 6) is -0.413. The first-order valence-electron chi connectivity index (χ1n) is 4.13. The van der Waals surface area contributed by atoms with Gasteiger partial charge in [-0.2, -0.15) is 0 Å². The summed E-state index contributed by atoms with van der Waals surface area (Å²) >= 11 is 0. The molecule has 0 unspecified atom stereocenters. The first kappa shape index (κ1) is 8.31. The van der Waals surface area contributed by atoms with Gasteiger partial charge in [0.15, 0.2) is 0 Å². The topological polar surface area (TPSA) is 37.3 Å². The molecule has 0 aromatic heterocycles. The Morgan fingerprint density at radius 1 is 1.55 bits per heavy atom. The van der Waals surface area contributed by atoms with Crippen LogP contribution < -0.4 is 0 Å². The van der Waals surface area contributed by atoms with Crippen LogP contribution in [-0.2, 0) is 4.79 Å². The monoisotopic (exact) mass is 154 g/mol. The Balaban J connectivity index is 2.61. The maximum absolute atomic E-state index is 10.7. The van der Waals surface area contributed by atoms with Crippen LogP contribution in [0.5, 0.6) is 0 Å². The van der Waals surface area contributed by atoms with E-state index in [1.165, 1.54) is 0 Å². The predicted octanol–water partition coefficient (Wildman–Crippen LogP) is 2.06. The second-order valence-electron chi connectivity index (χ2n) is 3.06. The summed E-state index contributed by atoms with van der Waals surface area (Å²) in [6.07, 6.45) is 6.70. The van der Waals surface area contributed by atoms with Crippen LogP contribution in [0.2, 0.25) is 0 Å². The minimum Gasteiger partial charge on any atom is -0.481 e. The largest absolute Gasteiger partial charge is 0.481 e. The number of hydrogen-bond donors (Lipinski definition) is 1. The van der Waals surface area contributed by atoms with Gasteiger partial charge in [0.1, 0.15) is 0 Å². The minimum atomic E-state index is -0.638. The van der Waals surface area contributed by atoms with E-state index in [9.17, 15) is 4.79 Å². The maximum Gasteiger partial charge on any atom is 0.307 e. The van der Waals surface area contributed by atoms with E-state index in [4.69, 9.17) is 5.11 Å². The lowest BCUT2D eigenvalue weighted by Crippen LogP contribution is -2.24. The number of hydrogen-bond acceptors (Lipinski definition) is 1. The van der Waals surface area contributed by atoms with Crippen LogP contribution >= 0.6 is 0 Å². The average Bonchev–Trinajstić information content (AvgIpc) is 2.04. The molecule has 1 aliphatic carbocycles. The lowest BCUT2D eigenvalue weighted by molar-refractivity contribution is -0.143. The van der Waals surface area contributed by atoms with Crippen molar-refractivity contribution in [1.29, 1.82) is 0 Å². The summed E-state index contributed by atoms with van der Waals surface area (Å²) in [4.78, 5) is 10.7. The van der Waals surface area contributed by atoms with Crippen LogP contribution in [-0.4, -0.2) is 11.1 Å². The third-order valence-electron chi connectivity index (χ3n) is 2.41. The third-order valence-corrected chi connectivity index (χ3v) is 2.41. The molecule has 0 amide bonds. The zero-order valence-corrected chi connectivity index (χ0v) is 6.79. The van der Waals surface area contributed by atoms with E-state index in [0.717, 1.165) is 12.8 Å². The van der Waals surface area contributed by atoms with Crippen LogP contribution in [0, 0.1) is 11.8 Å².